The van der Waals surface area contributed by atoms with Crippen molar-refractivity contribution in [2.24, 2.45) is 5.10 Å². The number of hydrogen-bond acceptors (Lipinski definition) is 6. The molecule has 21 heavy (non-hydrogen) atoms. The van der Waals surface area contributed by atoms with Gasteiger partial charge in [-0.05, 0) is 13.2 Å². The molecule has 5 nitrogen and oxygen atoms in total. The molecule has 2 aromatic rings. The fourth-order valence-electron chi connectivity index (χ4n) is 2.20. The van der Waals surface area contributed by atoms with Crippen LogP contribution in [-0.4, -0.2) is 29.0 Å². The monoisotopic (exact) mass is 300 g/mol. The predicted octanol–water partition coefficient (Wildman–Crippen LogP) is 2.84. The van der Waals surface area contributed by atoms with Crippen LogP contribution in [0.4, 0.5) is 0 Å². The highest BCUT2D eigenvalue weighted by molar-refractivity contribution is 7.98. The number of rotatable bonds is 4. The molecular weight excluding hydrogens is 284 g/mol. The molecule has 1 atom stereocenters. The lowest BCUT2D eigenvalue weighted by atomic mass is 10.1. The van der Waals surface area contributed by atoms with Crippen LogP contribution in [0.1, 0.15) is 24.4 Å². The van der Waals surface area contributed by atoms with Crippen LogP contribution in [-0.2, 0) is 4.74 Å². The van der Waals surface area contributed by atoms with E-state index < -0.39 is 0 Å². The summed E-state index contributed by atoms with van der Waals surface area (Å²) in [7, 11) is 0. The molecule has 0 fully saturated rings. The van der Waals surface area contributed by atoms with Gasteiger partial charge in [-0.25, -0.2) is 9.97 Å². The lowest BCUT2D eigenvalue weighted by molar-refractivity contribution is 0.0341. The molecule has 108 valence electrons. The van der Waals surface area contributed by atoms with E-state index in [0.717, 1.165) is 21.8 Å². The molecule has 1 aliphatic rings. The number of benzene rings is 1. The highest BCUT2D eigenvalue weighted by atomic mass is 32.2. The molecule has 0 radical (unpaired) electrons. The third-order valence-electron chi connectivity index (χ3n) is 3.14. The predicted molar refractivity (Wildman–Crippen MR) is 84.3 cm³/mol. The molecule has 2 heterocycles. The highest BCUT2D eigenvalue weighted by Gasteiger charge is 2.24. The van der Waals surface area contributed by atoms with Gasteiger partial charge in [-0.3, -0.25) is 5.43 Å². The standard InChI is InChI=1S/C15H16N4OS/c1-3-20-14-12-11(9-16-19-14)17-13(18-15(12)21-2)10-7-5-4-6-8-10/h4-9,14,19H,3H2,1-2H3. The molecule has 0 spiro atoms. The summed E-state index contributed by atoms with van der Waals surface area (Å²) in [5, 5.41) is 5.04. The molecule has 0 bridgehead atoms. The Labute approximate surface area is 127 Å². The Morgan fingerprint density at radius 1 is 1.24 bits per heavy atom. The molecule has 0 saturated heterocycles. The maximum absolute atomic E-state index is 5.68. The Morgan fingerprint density at radius 3 is 2.76 bits per heavy atom. The van der Waals surface area contributed by atoms with E-state index in [4.69, 9.17) is 4.74 Å². The largest absolute Gasteiger partial charge is 0.353 e. The van der Waals surface area contributed by atoms with E-state index >= 15 is 0 Å². The van der Waals surface area contributed by atoms with Gasteiger partial charge in [-0.15, -0.1) is 11.8 Å². The van der Waals surface area contributed by atoms with E-state index in [1.807, 2.05) is 43.5 Å². The van der Waals surface area contributed by atoms with Crippen LogP contribution < -0.4 is 5.43 Å². The summed E-state index contributed by atoms with van der Waals surface area (Å²) in [5.41, 5.74) is 5.73. The number of thioether (sulfide) groups is 1. The van der Waals surface area contributed by atoms with Crippen molar-refractivity contribution in [1.29, 1.82) is 0 Å². The Kier molecular flexibility index (Phi) is 4.17. The molecule has 0 aliphatic carbocycles. The first-order valence-electron chi connectivity index (χ1n) is 6.75. The smallest absolute Gasteiger partial charge is 0.173 e. The molecule has 1 N–H and O–H groups in total. The highest BCUT2D eigenvalue weighted by Crippen LogP contribution is 2.31. The molecule has 6 heteroatoms. The molecular formula is C15H16N4OS. The van der Waals surface area contributed by atoms with Crippen LogP contribution in [0.2, 0.25) is 0 Å². The summed E-state index contributed by atoms with van der Waals surface area (Å²) < 4.78 is 5.68. The van der Waals surface area contributed by atoms with Gasteiger partial charge in [0.15, 0.2) is 12.1 Å². The average Bonchev–Trinajstić information content (AvgIpc) is 2.55. The van der Waals surface area contributed by atoms with E-state index in [9.17, 15) is 0 Å². The number of ether oxygens (including phenoxy) is 1. The van der Waals surface area contributed by atoms with Gasteiger partial charge >= 0.3 is 0 Å². The van der Waals surface area contributed by atoms with E-state index in [0.29, 0.717) is 12.4 Å². The quantitative estimate of drug-likeness (QED) is 0.695. The van der Waals surface area contributed by atoms with Crippen molar-refractivity contribution < 1.29 is 4.74 Å². The van der Waals surface area contributed by atoms with E-state index in [1.165, 1.54) is 0 Å². The Bertz CT molecular complexity index is 660. The first-order chi connectivity index (χ1) is 10.3. The van der Waals surface area contributed by atoms with Crippen LogP contribution in [0.25, 0.3) is 11.4 Å². The first kappa shape index (κ1) is 14.0. The van der Waals surface area contributed by atoms with Crippen molar-refractivity contribution in [3.8, 4) is 11.4 Å². The van der Waals surface area contributed by atoms with Gasteiger partial charge in [0.1, 0.15) is 5.03 Å². The first-order valence-corrected chi connectivity index (χ1v) is 7.97. The van der Waals surface area contributed by atoms with Crippen LogP contribution >= 0.6 is 11.8 Å². The van der Waals surface area contributed by atoms with Crippen LogP contribution in [0, 0.1) is 0 Å². The van der Waals surface area contributed by atoms with Crippen molar-refractivity contribution in [3.63, 3.8) is 0 Å². The van der Waals surface area contributed by atoms with Crippen molar-refractivity contribution >= 4 is 18.0 Å². The van der Waals surface area contributed by atoms with Gasteiger partial charge in [0.25, 0.3) is 0 Å². The van der Waals surface area contributed by atoms with E-state index in [-0.39, 0.29) is 6.23 Å². The molecule has 1 aliphatic heterocycles. The van der Waals surface area contributed by atoms with E-state index in [1.54, 1.807) is 18.0 Å². The van der Waals surface area contributed by atoms with Crippen molar-refractivity contribution in [1.82, 2.24) is 15.4 Å². The second-order valence-electron chi connectivity index (χ2n) is 4.44. The number of hydrazone groups is 1. The third-order valence-corrected chi connectivity index (χ3v) is 3.84. The zero-order chi connectivity index (χ0) is 14.7. The summed E-state index contributed by atoms with van der Waals surface area (Å²) in [5.74, 6) is 0.710. The summed E-state index contributed by atoms with van der Waals surface area (Å²) in [6.07, 6.45) is 3.44. The second kappa shape index (κ2) is 6.24. The van der Waals surface area contributed by atoms with Gasteiger partial charge in [0.05, 0.1) is 17.5 Å². The molecule has 0 saturated carbocycles. The summed E-state index contributed by atoms with van der Waals surface area (Å²) in [4.78, 5) is 9.31. The topological polar surface area (TPSA) is 59.4 Å². The lowest BCUT2D eigenvalue weighted by Gasteiger charge is -2.23. The Morgan fingerprint density at radius 2 is 2.05 bits per heavy atom. The molecule has 0 amide bonds. The van der Waals surface area contributed by atoms with Gasteiger partial charge in [0.2, 0.25) is 0 Å². The number of aromatic nitrogens is 2. The SMILES string of the molecule is CCOC1NN=Cc2nc(-c3ccccc3)nc(SC)c21. The number of nitrogens with zero attached hydrogens (tertiary/aromatic N) is 3. The fraction of sp³-hybridized carbons (Fsp3) is 0.267. The van der Waals surface area contributed by atoms with Crippen molar-refractivity contribution in [2.75, 3.05) is 12.9 Å². The fourth-order valence-corrected chi connectivity index (χ4v) is 2.81. The maximum Gasteiger partial charge on any atom is 0.173 e. The summed E-state index contributed by atoms with van der Waals surface area (Å²) >= 11 is 1.59. The maximum atomic E-state index is 5.68. The van der Waals surface area contributed by atoms with Crippen LogP contribution in [0.3, 0.4) is 0 Å². The minimum Gasteiger partial charge on any atom is -0.353 e. The molecule has 1 aromatic carbocycles. The lowest BCUT2D eigenvalue weighted by Crippen LogP contribution is -2.26. The van der Waals surface area contributed by atoms with Crippen molar-refractivity contribution in [3.05, 3.63) is 41.6 Å². The zero-order valence-electron chi connectivity index (χ0n) is 11.9. The normalized spacial score (nSPS) is 16.4. The zero-order valence-corrected chi connectivity index (χ0v) is 12.7. The molecule has 1 unspecified atom stereocenters. The minimum atomic E-state index is -0.290. The third kappa shape index (κ3) is 2.77. The van der Waals surface area contributed by atoms with Crippen LogP contribution in [0.15, 0.2) is 40.5 Å². The number of nitrogens with one attached hydrogen (secondary N) is 1. The number of hydrogen-bond donors (Lipinski definition) is 1. The molecule has 3 rings (SSSR count). The molecule has 1 aromatic heterocycles. The Balaban J connectivity index is 2.11. The minimum absolute atomic E-state index is 0.290. The van der Waals surface area contributed by atoms with Gasteiger partial charge < -0.3 is 4.74 Å². The van der Waals surface area contributed by atoms with E-state index in [2.05, 4.69) is 20.5 Å². The van der Waals surface area contributed by atoms with Gasteiger partial charge in [-0.2, -0.15) is 5.10 Å². The Hall–Kier alpha value is -1.92. The van der Waals surface area contributed by atoms with Crippen molar-refractivity contribution in [2.45, 2.75) is 18.2 Å². The summed E-state index contributed by atoms with van der Waals surface area (Å²) in [6, 6.07) is 9.95. The van der Waals surface area contributed by atoms with Gasteiger partial charge in [0, 0.05) is 12.2 Å². The number of fused-ring (bicyclic) bond motifs is 1. The second-order valence-corrected chi connectivity index (χ2v) is 5.24. The van der Waals surface area contributed by atoms with Gasteiger partial charge in [-0.1, -0.05) is 30.3 Å². The average molecular weight is 300 g/mol. The summed E-state index contributed by atoms with van der Waals surface area (Å²) in [6.45, 7) is 2.55. The van der Waals surface area contributed by atoms with Crippen LogP contribution in [0.5, 0.6) is 0 Å².